The van der Waals surface area contributed by atoms with Crippen LogP contribution in [-0.2, 0) is 7.05 Å². The van der Waals surface area contributed by atoms with Gasteiger partial charge in [-0.1, -0.05) is 11.2 Å². The fourth-order valence-corrected chi connectivity index (χ4v) is 1.36. The van der Waals surface area contributed by atoms with Crippen molar-refractivity contribution >= 4 is 5.71 Å². The minimum Gasteiger partial charge on any atom is -0.410 e. The van der Waals surface area contributed by atoms with E-state index in [1.54, 1.807) is 13.2 Å². The van der Waals surface area contributed by atoms with Gasteiger partial charge >= 0.3 is 0 Å². The van der Waals surface area contributed by atoms with Gasteiger partial charge in [0.15, 0.2) is 5.71 Å². The number of hydrogen-bond donors (Lipinski definition) is 1. The first kappa shape index (κ1) is 10.2. The Morgan fingerprint density at radius 1 is 1.50 bits per heavy atom. The van der Waals surface area contributed by atoms with Gasteiger partial charge in [0.05, 0.1) is 5.69 Å². The summed E-state index contributed by atoms with van der Waals surface area (Å²) < 4.78 is 1.42. The van der Waals surface area contributed by atoms with Crippen LogP contribution < -0.4 is 0 Å². The lowest BCUT2D eigenvalue weighted by atomic mass is 10.1. The van der Waals surface area contributed by atoms with Crippen molar-refractivity contribution in [2.24, 2.45) is 12.2 Å². The Morgan fingerprint density at radius 2 is 2.31 bits per heavy atom. The van der Waals surface area contributed by atoms with Gasteiger partial charge in [0.25, 0.3) is 0 Å². The zero-order chi connectivity index (χ0) is 11.5. The second-order valence-corrected chi connectivity index (χ2v) is 3.24. The third kappa shape index (κ3) is 1.62. The van der Waals surface area contributed by atoms with Crippen LogP contribution in [0, 0.1) is 6.92 Å². The average Bonchev–Trinajstić information content (AvgIpc) is 2.69. The molecule has 1 N–H and O–H groups in total. The molecule has 0 saturated heterocycles. The maximum atomic E-state index is 9.04. The van der Waals surface area contributed by atoms with Crippen molar-refractivity contribution in [3.05, 3.63) is 35.4 Å². The predicted molar refractivity (Wildman–Crippen MR) is 55.2 cm³/mol. The van der Waals surface area contributed by atoms with E-state index in [2.05, 4.69) is 25.7 Å². The van der Waals surface area contributed by atoms with E-state index in [0.717, 1.165) is 5.56 Å². The number of nitrogens with zero attached hydrogens (tertiary/aromatic N) is 6. The largest absolute Gasteiger partial charge is 0.410 e. The van der Waals surface area contributed by atoms with Crippen LogP contribution in [0.2, 0.25) is 0 Å². The molecule has 0 radical (unpaired) electrons. The van der Waals surface area contributed by atoms with Crippen LogP contribution in [0.25, 0.3) is 0 Å². The monoisotopic (exact) mass is 218 g/mol. The molecule has 0 spiro atoms. The molecule has 2 heterocycles. The summed E-state index contributed by atoms with van der Waals surface area (Å²) in [5, 5.41) is 23.2. The lowest BCUT2D eigenvalue weighted by Gasteiger charge is -2.04. The van der Waals surface area contributed by atoms with Gasteiger partial charge < -0.3 is 5.21 Å². The molecule has 2 rings (SSSR count). The molecule has 2 aromatic rings. The molecule has 7 nitrogen and oxygen atoms in total. The molecular formula is C9H10N6O. The first-order valence-corrected chi connectivity index (χ1v) is 4.61. The van der Waals surface area contributed by atoms with E-state index >= 15 is 0 Å². The van der Waals surface area contributed by atoms with Crippen molar-refractivity contribution in [3.63, 3.8) is 0 Å². The molecule has 0 aromatic carbocycles. The highest BCUT2D eigenvalue weighted by atomic mass is 16.4. The van der Waals surface area contributed by atoms with Crippen LogP contribution >= 0.6 is 0 Å². The summed E-state index contributed by atoms with van der Waals surface area (Å²) in [6, 6.07) is 3.68. The van der Waals surface area contributed by atoms with Crippen LogP contribution in [0.3, 0.4) is 0 Å². The molecule has 0 amide bonds. The fraction of sp³-hybridized carbons (Fsp3) is 0.222. The number of aryl methyl sites for hydroxylation is 2. The normalized spacial score (nSPS) is 11.8. The van der Waals surface area contributed by atoms with Crippen LogP contribution in [0.15, 0.2) is 23.5 Å². The molecule has 0 fully saturated rings. The molecule has 0 aliphatic carbocycles. The first-order valence-electron chi connectivity index (χ1n) is 4.61. The Bertz CT molecular complexity index is 532. The zero-order valence-electron chi connectivity index (χ0n) is 8.86. The van der Waals surface area contributed by atoms with Crippen molar-refractivity contribution in [3.8, 4) is 0 Å². The van der Waals surface area contributed by atoms with Crippen molar-refractivity contribution in [1.29, 1.82) is 0 Å². The standard InChI is InChI=1S/C9H10N6O/c1-6-4-3-5-10-7(6)8(12-16)9-11-13-14-15(9)2/h3-5,16H,1-2H3/b12-8-. The smallest absolute Gasteiger partial charge is 0.206 e. The molecule has 0 unspecified atom stereocenters. The van der Waals surface area contributed by atoms with Crippen LogP contribution in [0.1, 0.15) is 17.1 Å². The molecule has 0 atom stereocenters. The first-order chi connectivity index (χ1) is 7.74. The molecule has 0 aliphatic heterocycles. The fourth-order valence-electron chi connectivity index (χ4n) is 1.36. The summed E-state index contributed by atoms with van der Waals surface area (Å²) in [4.78, 5) is 4.15. The minimum absolute atomic E-state index is 0.255. The molecule has 16 heavy (non-hydrogen) atoms. The van der Waals surface area contributed by atoms with Crippen LogP contribution in [0.4, 0.5) is 0 Å². The Kier molecular flexibility index (Phi) is 2.59. The van der Waals surface area contributed by atoms with Gasteiger partial charge in [0.1, 0.15) is 0 Å². The van der Waals surface area contributed by atoms with Crippen molar-refractivity contribution in [2.75, 3.05) is 0 Å². The topological polar surface area (TPSA) is 89.1 Å². The van der Waals surface area contributed by atoms with E-state index in [1.165, 1.54) is 4.68 Å². The van der Waals surface area contributed by atoms with E-state index in [9.17, 15) is 0 Å². The summed E-state index contributed by atoms with van der Waals surface area (Å²) in [5.74, 6) is 0.365. The Labute approximate surface area is 91.4 Å². The number of aromatic nitrogens is 5. The third-order valence-electron chi connectivity index (χ3n) is 2.17. The number of hydrogen-bond acceptors (Lipinski definition) is 6. The van der Waals surface area contributed by atoms with Gasteiger partial charge in [-0.05, 0) is 29.0 Å². The highest BCUT2D eigenvalue weighted by Gasteiger charge is 2.17. The SMILES string of the molecule is Cc1cccnc1/C(=N/O)c1nnnn1C. The highest BCUT2D eigenvalue weighted by molar-refractivity contribution is 6.09. The van der Waals surface area contributed by atoms with E-state index in [0.29, 0.717) is 11.5 Å². The van der Waals surface area contributed by atoms with Gasteiger partial charge in [-0.25, -0.2) is 4.68 Å². The van der Waals surface area contributed by atoms with E-state index in [1.807, 2.05) is 19.1 Å². The van der Waals surface area contributed by atoms with Crippen molar-refractivity contribution in [1.82, 2.24) is 25.2 Å². The quantitative estimate of drug-likeness (QED) is 0.440. The summed E-state index contributed by atoms with van der Waals surface area (Å²) in [5.41, 5.74) is 1.70. The zero-order valence-corrected chi connectivity index (χ0v) is 8.86. The van der Waals surface area contributed by atoms with Crippen molar-refractivity contribution in [2.45, 2.75) is 6.92 Å². The minimum atomic E-state index is 0.255. The van der Waals surface area contributed by atoms with Gasteiger partial charge in [0, 0.05) is 13.2 Å². The highest BCUT2D eigenvalue weighted by Crippen LogP contribution is 2.09. The Balaban J connectivity index is 2.55. The summed E-state index contributed by atoms with van der Waals surface area (Å²) in [6.45, 7) is 1.87. The molecular weight excluding hydrogens is 208 g/mol. The number of rotatable bonds is 2. The number of oxime groups is 1. The van der Waals surface area contributed by atoms with E-state index in [4.69, 9.17) is 5.21 Å². The molecule has 82 valence electrons. The average molecular weight is 218 g/mol. The summed E-state index contributed by atoms with van der Waals surface area (Å²) in [6.07, 6.45) is 1.62. The van der Waals surface area contributed by atoms with Gasteiger partial charge in [-0.3, -0.25) is 4.98 Å². The van der Waals surface area contributed by atoms with Crippen LogP contribution in [0.5, 0.6) is 0 Å². The second-order valence-electron chi connectivity index (χ2n) is 3.24. The number of tetrazole rings is 1. The third-order valence-corrected chi connectivity index (χ3v) is 2.17. The van der Waals surface area contributed by atoms with E-state index < -0.39 is 0 Å². The molecule has 7 heteroatoms. The summed E-state index contributed by atoms with van der Waals surface area (Å²) in [7, 11) is 1.67. The van der Waals surface area contributed by atoms with Crippen LogP contribution in [-0.4, -0.2) is 36.1 Å². The van der Waals surface area contributed by atoms with Gasteiger partial charge in [0.2, 0.25) is 5.82 Å². The lowest BCUT2D eigenvalue weighted by molar-refractivity contribution is 0.319. The van der Waals surface area contributed by atoms with E-state index in [-0.39, 0.29) is 5.71 Å². The molecule has 2 aromatic heterocycles. The predicted octanol–water partition coefficient (Wildman–Crippen LogP) is 0.140. The molecule has 0 saturated carbocycles. The second kappa shape index (κ2) is 4.05. The Morgan fingerprint density at radius 3 is 2.88 bits per heavy atom. The van der Waals surface area contributed by atoms with Gasteiger partial charge in [-0.15, -0.1) is 5.10 Å². The maximum absolute atomic E-state index is 9.04. The Hall–Kier alpha value is -2.31. The van der Waals surface area contributed by atoms with Gasteiger partial charge in [-0.2, -0.15) is 0 Å². The van der Waals surface area contributed by atoms with Crippen molar-refractivity contribution < 1.29 is 5.21 Å². The lowest BCUT2D eigenvalue weighted by Crippen LogP contribution is -2.14. The summed E-state index contributed by atoms with van der Waals surface area (Å²) >= 11 is 0. The number of pyridine rings is 1. The molecule has 0 bridgehead atoms. The molecule has 0 aliphatic rings. The maximum Gasteiger partial charge on any atom is 0.206 e.